The van der Waals surface area contributed by atoms with E-state index in [1.54, 1.807) is 11.8 Å². The molecule has 4 heteroatoms. The molecule has 1 aliphatic carbocycles. The van der Waals surface area contributed by atoms with E-state index < -0.39 is 0 Å². The number of thioether (sulfide) groups is 1. The molecular weight excluding hydrogens is 198 g/mol. The molecule has 2 rings (SSSR count). The van der Waals surface area contributed by atoms with Crippen LogP contribution in [0.1, 0.15) is 19.3 Å². The van der Waals surface area contributed by atoms with Crippen LogP contribution in [0.3, 0.4) is 0 Å². The highest BCUT2D eigenvalue weighted by molar-refractivity contribution is 7.99. The van der Waals surface area contributed by atoms with Crippen molar-refractivity contribution < 1.29 is 9.59 Å². The Morgan fingerprint density at radius 2 is 1.93 bits per heavy atom. The van der Waals surface area contributed by atoms with E-state index in [4.69, 9.17) is 0 Å². The third-order valence-electron chi connectivity index (χ3n) is 2.90. The second-order valence-corrected chi connectivity index (χ2v) is 4.73. The molecule has 0 spiro atoms. The van der Waals surface area contributed by atoms with Crippen molar-refractivity contribution in [3.8, 4) is 0 Å². The molecule has 0 aromatic rings. The standard InChI is InChI=1S/C10H13NO2S/c1-14-8-4-2-3-7(8)11-9(12)5-6-10(11)13/h5-8H,2-4H2,1H3. The van der Waals surface area contributed by atoms with Crippen LogP contribution in [0.4, 0.5) is 0 Å². The maximum absolute atomic E-state index is 11.4. The lowest BCUT2D eigenvalue weighted by molar-refractivity contribution is -0.139. The molecule has 14 heavy (non-hydrogen) atoms. The average molecular weight is 211 g/mol. The SMILES string of the molecule is CSC1CCCC1N1C(=O)C=CC1=O. The molecule has 0 saturated heterocycles. The second kappa shape index (κ2) is 3.77. The number of nitrogens with zero attached hydrogens (tertiary/aromatic N) is 1. The van der Waals surface area contributed by atoms with Gasteiger partial charge in [-0.25, -0.2) is 0 Å². The molecule has 2 aliphatic rings. The lowest BCUT2D eigenvalue weighted by Gasteiger charge is -2.26. The van der Waals surface area contributed by atoms with Crippen LogP contribution >= 0.6 is 11.8 Å². The molecule has 3 nitrogen and oxygen atoms in total. The summed E-state index contributed by atoms with van der Waals surface area (Å²) in [4.78, 5) is 24.3. The van der Waals surface area contributed by atoms with Gasteiger partial charge < -0.3 is 0 Å². The van der Waals surface area contributed by atoms with Gasteiger partial charge in [0, 0.05) is 17.4 Å². The monoisotopic (exact) mass is 211 g/mol. The Bertz CT molecular complexity index is 282. The van der Waals surface area contributed by atoms with Gasteiger partial charge in [-0.1, -0.05) is 6.42 Å². The molecule has 1 aliphatic heterocycles. The summed E-state index contributed by atoms with van der Waals surface area (Å²) in [6, 6.07) is 0.125. The summed E-state index contributed by atoms with van der Waals surface area (Å²) in [5.41, 5.74) is 0. The Labute approximate surface area is 87.5 Å². The van der Waals surface area contributed by atoms with Crippen LogP contribution in [0.15, 0.2) is 12.2 Å². The summed E-state index contributed by atoms with van der Waals surface area (Å²) in [7, 11) is 0. The molecule has 2 atom stereocenters. The summed E-state index contributed by atoms with van der Waals surface area (Å²) >= 11 is 1.76. The first-order valence-corrected chi connectivity index (χ1v) is 6.11. The Hall–Kier alpha value is -0.770. The number of carbonyl (C=O) groups is 2. The molecule has 0 N–H and O–H groups in total. The predicted octanol–water partition coefficient (Wildman–Crippen LogP) is 1.20. The summed E-state index contributed by atoms with van der Waals surface area (Å²) in [5, 5.41) is 0.433. The molecule has 2 unspecified atom stereocenters. The van der Waals surface area contributed by atoms with Crippen LogP contribution in [0.5, 0.6) is 0 Å². The zero-order valence-corrected chi connectivity index (χ0v) is 8.92. The van der Waals surface area contributed by atoms with Crippen LogP contribution in [-0.2, 0) is 9.59 Å². The normalized spacial score (nSPS) is 31.9. The van der Waals surface area contributed by atoms with Gasteiger partial charge in [0.1, 0.15) is 0 Å². The summed E-state index contributed by atoms with van der Waals surface area (Å²) in [5.74, 6) is -0.276. The summed E-state index contributed by atoms with van der Waals surface area (Å²) < 4.78 is 0. The first kappa shape index (κ1) is 9.77. The Morgan fingerprint density at radius 3 is 2.50 bits per heavy atom. The topological polar surface area (TPSA) is 37.4 Å². The Balaban J connectivity index is 2.14. The van der Waals surface area contributed by atoms with E-state index in [0.717, 1.165) is 19.3 Å². The molecule has 0 aromatic carbocycles. The van der Waals surface area contributed by atoms with Crippen LogP contribution in [0.25, 0.3) is 0 Å². The zero-order valence-electron chi connectivity index (χ0n) is 8.10. The third kappa shape index (κ3) is 1.47. The van der Waals surface area contributed by atoms with Gasteiger partial charge in [-0.15, -0.1) is 0 Å². The van der Waals surface area contributed by atoms with Crippen LogP contribution in [-0.4, -0.2) is 34.3 Å². The number of imide groups is 1. The van der Waals surface area contributed by atoms with E-state index in [1.807, 2.05) is 6.26 Å². The van der Waals surface area contributed by atoms with Crippen molar-refractivity contribution in [1.29, 1.82) is 0 Å². The first-order valence-electron chi connectivity index (χ1n) is 4.82. The quantitative estimate of drug-likeness (QED) is 0.644. The van der Waals surface area contributed by atoms with E-state index in [9.17, 15) is 9.59 Å². The smallest absolute Gasteiger partial charge is 0.253 e. The van der Waals surface area contributed by atoms with Crippen LogP contribution in [0, 0.1) is 0 Å². The summed E-state index contributed by atoms with van der Waals surface area (Å²) in [6.07, 6.45) is 7.98. The van der Waals surface area contributed by atoms with Crippen molar-refractivity contribution in [3.63, 3.8) is 0 Å². The number of amides is 2. The predicted molar refractivity (Wildman–Crippen MR) is 55.9 cm³/mol. The van der Waals surface area contributed by atoms with Crippen LogP contribution in [0.2, 0.25) is 0 Å². The maximum Gasteiger partial charge on any atom is 0.253 e. The van der Waals surface area contributed by atoms with E-state index in [0.29, 0.717) is 5.25 Å². The lowest BCUT2D eigenvalue weighted by Crippen LogP contribution is -2.43. The highest BCUT2D eigenvalue weighted by atomic mass is 32.2. The van der Waals surface area contributed by atoms with Gasteiger partial charge in [-0.05, 0) is 19.1 Å². The molecule has 1 saturated carbocycles. The molecule has 76 valence electrons. The maximum atomic E-state index is 11.4. The van der Waals surface area contributed by atoms with Crippen molar-refractivity contribution >= 4 is 23.6 Å². The third-order valence-corrected chi connectivity index (χ3v) is 4.05. The average Bonchev–Trinajstić information content (AvgIpc) is 2.73. The molecule has 1 heterocycles. The largest absolute Gasteiger partial charge is 0.271 e. The van der Waals surface area contributed by atoms with E-state index in [-0.39, 0.29) is 17.9 Å². The Kier molecular flexibility index (Phi) is 2.63. The van der Waals surface area contributed by atoms with Crippen molar-refractivity contribution in [2.75, 3.05) is 6.26 Å². The Morgan fingerprint density at radius 1 is 1.29 bits per heavy atom. The molecular formula is C10H13NO2S. The van der Waals surface area contributed by atoms with E-state index >= 15 is 0 Å². The van der Waals surface area contributed by atoms with E-state index in [2.05, 4.69) is 0 Å². The molecule has 0 bridgehead atoms. The minimum Gasteiger partial charge on any atom is -0.271 e. The zero-order chi connectivity index (χ0) is 10.1. The van der Waals surface area contributed by atoms with Gasteiger partial charge in [0.15, 0.2) is 0 Å². The lowest BCUT2D eigenvalue weighted by atomic mass is 10.2. The van der Waals surface area contributed by atoms with Gasteiger partial charge in [-0.2, -0.15) is 11.8 Å². The number of hydrogen-bond donors (Lipinski definition) is 0. The minimum atomic E-state index is -0.138. The fourth-order valence-electron chi connectivity index (χ4n) is 2.22. The van der Waals surface area contributed by atoms with Gasteiger partial charge in [-0.3, -0.25) is 14.5 Å². The van der Waals surface area contributed by atoms with Crippen molar-refractivity contribution in [3.05, 3.63) is 12.2 Å². The minimum absolute atomic E-state index is 0.125. The van der Waals surface area contributed by atoms with Crippen molar-refractivity contribution in [2.24, 2.45) is 0 Å². The number of hydrogen-bond acceptors (Lipinski definition) is 3. The summed E-state index contributed by atoms with van der Waals surface area (Å²) in [6.45, 7) is 0. The second-order valence-electron chi connectivity index (χ2n) is 3.65. The van der Waals surface area contributed by atoms with Crippen molar-refractivity contribution in [1.82, 2.24) is 4.90 Å². The van der Waals surface area contributed by atoms with E-state index in [1.165, 1.54) is 17.1 Å². The van der Waals surface area contributed by atoms with Crippen molar-refractivity contribution in [2.45, 2.75) is 30.6 Å². The highest BCUT2D eigenvalue weighted by Gasteiger charge is 2.38. The van der Waals surface area contributed by atoms with Gasteiger partial charge in [0.05, 0.1) is 6.04 Å². The van der Waals surface area contributed by atoms with Crippen LogP contribution < -0.4 is 0 Å². The number of carbonyl (C=O) groups excluding carboxylic acids is 2. The number of rotatable bonds is 2. The first-order chi connectivity index (χ1) is 6.74. The molecule has 2 amide bonds. The molecule has 0 radical (unpaired) electrons. The molecule has 0 aromatic heterocycles. The van der Waals surface area contributed by atoms with Gasteiger partial charge >= 0.3 is 0 Å². The highest BCUT2D eigenvalue weighted by Crippen LogP contribution is 2.33. The van der Waals surface area contributed by atoms with Gasteiger partial charge in [0.2, 0.25) is 0 Å². The fraction of sp³-hybridized carbons (Fsp3) is 0.600. The fourth-order valence-corrected chi connectivity index (χ4v) is 3.19. The van der Waals surface area contributed by atoms with Gasteiger partial charge in [0.25, 0.3) is 11.8 Å². The molecule has 1 fully saturated rings.